The van der Waals surface area contributed by atoms with E-state index >= 15 is 0 Å². The van der Waals surface area contributed by atoms with Crippen LogP contribution in [-0.4, -0.2) is 47.0 Å². The molecule has 1 saturated heterocycles. The lowest BCUT2D eigenvalue weighted by molar-refractivity contribution is 0.0746. The van der Waals surface area contributed by atoms with E-state index in [9.17, 15) is 4.79 Å². The first kappa shape index (κ1) is 14.7. The molecule has 0 saturated carbocycles. The Balaban J connectivity index is 1.69. The minimum absolute atomic E-state index is 0.0763. The van der Waals surface area contributed by atoms with Gasteiger partial charge >= 0.3 is 0 Å². The number of halogens is 2. The molecule has 3 heterocycles. The molecule has 110 valence electrons. The van der Waals surface area contributed by atoms with Crippen molar-refractivity contribution in [2.45, 2.75) is 0 Å². The standard InChI is InChI=1S/C13H12BrClN4OS/c14-9-7-10(11(15)17-8-9)12(20)18-2-4-19(5-3-18)13-16-1-6-21-13/h1,6-8H,2-5H2. The predicted molar refractivity (Wildman–Crippen MR) is 87.2 cm³/mol. The Hall–Kier alpha value is -1.18. The molecule has 0 unspecified atom stereocenters. The molecule has 0 atom stereocenters. The van der Waals surface area contributed by atoms with Gasteiger partial charge in [0.15, 0.2) is 5.13 Å². The monoisotopic (exact) mass is 386 g/mol. The van der Waals surface area contributed by atoms with Crippen molar-refractivity contribution in [2.75, 3.05) is 31.1 Å². The minimum Gasteiger partial charge on any atom is -0.345 e. The zero-order chi connectivity index (χ0) is 14.8. The average molecular weight is 388 g/mol. The summed E-state index contributed by atoms with van der Waals surface area (Å²) >= 11 is 11.0. The molecule has 3 rings (SSSR count). The second-order valence-electron chi connectivity index (χ2n) is 4.59. The molecule has 0 spiro atoms. The summed E-state index contributed by atoms with van der Waals surface area (Å²) in [5, 5.41) is 3.20. The van der Waals surface area contributed by atoms with Crippen LogP contribution < -0.4 is 4.90 Å². The zero-order valence-corrected chi connectivity index (χ0v) is 14.2. The molecule has 1 fully saturated rings. The van der Waals surface area contributed by atoms with E-state index in [0.717, 1.165) is 22.7 Å². The molecule has 0 N–H and O–H groups in total. The topological polar surface area (TPSA) is 49.3 Å². The number of carbonyl (C=O) groups excluding carboxylic acids is 1. The van der Waals surface area contributed by atoms with Crippen LogP contribution in [0.5, 0.6) is 0 Å². The number of piperazine rings is 1. The Morgan fingerprint density at radius 1 is 1.29 bits per heavy atom. The van der Waals surface area contributed by atoms with E-state index in [0.29, 0.717) is 18.7 Å². The van der Waals surface area contributed by atoms with Crippen molar-refractivity contribution < 1.29 is 4.79 Å². The lowest BCUT2D eigenvalue weighted by atomic mass is 10.2. The summed E-state index contributed by atoms with van der Waals surface area (Å²) in [6.45, 7) is 2.86. The van der Waals surface area contributed by atoms with Crippen molar-refractivity contribution in [2.24, 2.45) is 0 Å². The van der Waals surface area contributed by atoms with Crippen molar-refractivity contribution in [1.29, 1.82) is 0 Å². The van der Waals surface area contributed by atoms with Gasteiger partial charge in [0.05, 0.1) is 5.56 Å². The fourth-order valence-corrected chi connectivity index (χ4v) is 3.43. The molecule has 2 aromatic heterocycles. The number of carbonyl (C=O) groups is 1. The van der Waals surface area contributed by atoms with Gasteiger partial charge in [-0.3, -0.25) is 4.79 Å². The highest BCUT2D eigenvalue weighted by Crippen LogP contribution is 2.22. The average Bonchev–Trinajstić information content (AvgIpc) is 3.03. The number of anilines is 1. The predicted octanol–water partition coefficient (Wildman–Crippen LogP) is 2.92. The van der Waals surface area contributed by atoms with Gasteiger partial charge in [-0.2, -0.15) is 0 Å². The number of hydrogen-bond acceptors (Lipinski definition) is 5. The molecule has 1 amide bonds. The largest absolute Gasteiger partial charge is 0.345 e. The van der Waals surface area contributed by atoms with E-state index < -0.39 is 0 Å². The molecule has 8 heteroatoms. The van der Waals surface area contributed by atoms with E-state index in [-0.39, 0.29) is 11.1 Å². The number of hydrogen-bond donors (Lipinski definition) is 0. The van der Waals surface area contributed by atoms with Gasteiger partial charge in [-0.1, -0.05) is 11.6 Å². The molecule has 5 nitrogen and oxygen atoms in total. The minimum atomic E-state index is -0.0763. The number of nitrogens with zero attached hydrogens (tertiary/aromatic N) is 4. The Bertz CT molecular complexity index is 644. The van der Waals surface area contributed by atoms with Crippen LogP contribution in [0.15, 0.2) is 28.3 Å². The first-order valence-corrected chi connectivity index (χ1v) is 8.45. The van der Waals surface area contributed by atoms with Crippen LogP contribution in [-0.2, 0) is 0 Å². The van der Waals surface area contributed by atoms with Crippen LogP contribution in [0.4, 0.5) is 5.13 Å². The maximum absolute atomic E-state index is 12.5. The number of rotatable bonds is 2. The summed E-state index contributed by atoms with van der Waals surface area (Å²) in [7, 11) is 0. The van der Waals surface area contributed by atoms with Crippen LogP contribution in [0, 0.1) is 0 Å². The highest BCUT2D eigenvalue weighted by molar-refractivity contribution is 9.10. The Morgan fingerprint density at radius 3 is 2.71 bits per heavy atom. The van der Waals surface area contributed by atoms with Crippen LogP contribution in [0.1, 0.15) is 10.4 Å². The SMILES string of the molecule is O=C(c1cc(Br)cnc1Cl)N1CCN(c2nccs2)CC1. The normalized spacial score (nSPS) is 15.3. The summed E-state index contributed by atoms with van der Waals surface area (Å²) in [5.41, 5.74) is 0.439. The lowest BCUT2D eigenvalue weighted by Gasteiger charge is -2.34. The maximum Gasteiger partial charge on any atom is 0.257 e. The second kappa shape index (κ2) is 6.29. The van der Waals surface area contributed by atoms with E-state index in [1.165, 1.54) is 0 Å². The third-order valence-electron chi connectivity index (χ3n) is 3.29. The molecule has 0 aliphatic carbocycles. The van der Waals surface area contributed by atoms with E-state index in [1.807, 2.05) is 5.38 Å². The molecule has 1 aliphatic rings. The quantitative estimate of drug-likeness (QED) is 0.744. The second-order valence-corrected chi connectivity index (χ2v) is 6.73. The van der Waals surface area contributed by atoms with E-state index in [1.54, 1.807) is 34.7 Å². The Kier molecular flexibility index (Phi) is 4.42. The highest BCUT2D eigenvalue weighted by Gasteiger charge is 2.25. The molecule has 0 radical (unpaired) electrons. The van der Waals surface area contributed by atoms with Crippen molar-refractivity contribution in [3.8, 4) is 0 Å². The van der Waals surface area contributed by atoms with Crippen LogP contribution >= 0.6 is 38.9 Å². The van der Waals surface area contributed by atoms with E-state index in [4.69, 9.17) is 11.6 Å². The summed E-state index contributed by atoms with van der Waals surface area (Å²) < 4.78 is 0.747. The summed E-state index contributed by atoms with van der Waals surface area (Å²) in [6.07, 6.45) is 3.38. The van der Waals surface area contributed by atoms with Crippen LogP contribution in [0.2, 0.25) is 5.15 Å². The molecule has 1 aliphatic heterocycles. The van der Waals surface area contributed by atoms with Crippen LogP contribution in [0.3, 0.4) is 0 Å². The highest BCUT2D eigenvalue weighted by atomic mass is 79.9. The number of amides is 1. The fraction of sp³-hybridized carbons (Fsp3) is 0.308. The van der Waals surface area contributed by atoms with Gasteiger partial charge in [-0.25, -0.2) is 9.97 Å². The molecule has 0 aromatic carbocycles. The van der Waals surface area contributed by atoms with Crippen molar-refractivity contribution in [1.82, 2.24) is 14.9 Å². The molecule has 0 bridgehead atoms. The third-order valence-corrected chi connectivity index (χ3v) is 4.86. The smallest absolute Gasteiger partial charge is 0.257 e. The molecular weight excluding hydrogens is 376 g/mol. The van der Waals surface area contributed by atoms with Gasteiger partial charge in [0, 0.05) is 48.4 Å². The number of thiazole rings is 1. The van der Waals surface area contributed by atoms with Gasteiger partial charge in [-0.05, 0) is 22.0 Å². The summed E-state index contributed by atoms with van der Waals surface area (Å²) in [6, 6.07) is 1.71. The van der Waals surface area contributed by atoms with Gasteiger partial charge in [-0.15, -0.1) is 11.3 Å². The molecular formula is C13H12BrClN4OS. The summed E-state index contributed by atoms with van der Waals surface area (Å²) in [4.78, 5) is 24.8. The first-order chi connectivity index (χ1) is 10.1. The fourth-order valence-electron chi connectivity index (χ4n) is 2.22. The van der Waals surface area contributed by atoms with Crippen molar-refractivity contribution in [3.63, 3.8) is 0 Å². The first-order valence-electron chi connectivity index (χ1n) is 6.40. The molecule has 2 aromatic rings. The maximum atomic E-state index is 12.5. The zero-order valence-electron chi connectivity index (χ0n) is 11.0. The van der Waals surface area contributed by atoms with Gasteiger partial charge in [0.1, 0.15) is 5.15 Å². The van der Waals surface area contributed by atoms with Crippen LogP contribution in [0.25, 0.3) is 0 Å². The summed E-state index contributed by atoms with van der Waals surface area (Å²) in [5.74, 6) is -0.0763. The Morgan fingerprint density at radius 2 is 2.05 bits per heavy atom. The van der Waals surface area contributed by atoms with Crippen molar-refractivity contribution >= 4 is 49.9 Å². The molecule has 21 heavy (non-hydrogen) atoms. The number of pyridine rings is 1. The van der Waals surface area contributed by atoms with Gasteiger partial charge in [0.2, 0.25) is 0 Å². The van der Waals surface area contributed by atoms with Crippen molar-refractivity contribution in [3.05, 3.63) is 39.0 Å². The van der Waals surface area contributed by atoms with Gasteiger partial charge < -0.3 is 9.80 Å². The number of aromatic nitrogens is 2. The van der Waals surface area contributed by atoms with E-state index in [2.05, 4.69) is 30.8 Å². The third kappa shape index (κ3) is 3.20. The van der Waals surface area contributed by atoms with Gasteiger partial charge in [0.25, 0.3) is 5.91 Å². The Labute approximate surface area is 139 Å². The lowest BCUT2D eigenvalue weighted by Crippen LogP contribution is -2.48.